The Morgan fingerprint density at radius 1 is 1.22 bits per heavy atom. The van der Waals surface area contributed by atoms with Gasteiger partial charge in [0.2, 0.25) is 0 Å². The van der Waals surface area contributed by atoms with Gasteiger partial charge in [0.15, 0.2) is 0 Å². The molecule has 1 aromatic rings. The summed E-state index contributed by atoms with van der Waals surface area (Å²) in [4.78, 5) is 7.49. The van der Waals surface area contributed by atoms with E-state index in [2.05, 4.69) is 47.7 Å². The van der Waals surface area contributed by atoms with Crippen molar-refractivity contribution < 1.29 is 28.9 Å². The molecule has 2 aliphatic rings. The van der Waals surface area contributed by atoms with E-state index in [4.69, 9.17) is 23.6 Å². The minimum atomic E-state index is -4.69. The Hall–Kier alpha value is -0.480. The van der Waals surface area contributed by atoms with Gasteiger partial charge in [0.05, 0.1) is 20.9 Å². The Kier molecular flexibility index (Phi) is 6.23. The summed E-state index contributed by atoms with van der Waals surface area (Å²) in [7, 11) is -4.69. The molecule has 0 saturated carbocycles. The van der Waals surface area contributed by atoms with Gasteiger partial charge in [-0.1, -0.05) is 30.3 Å². The number of halogens is 1. The first-order valence-electron chi connectivity index (χ1n) is 6.91. The van der Waals surface area contributed by atoms with E-state index in [1.54, 1.807) is 0 Å². The van der Waals surface area contributed by atoms with E-state index >= 15 is 0 Å². The highest BCUT2D eigenvalue weighted by atomic mass is 35.7. The van der Waals surface area contributed by atoms with Crippen molar-refractivity contribution in [3.05, 3.63) is 35.9 Å². The van der Waals surface area contributed by atoms with Crippen LogP contribution in [-0.2, 0) is 0 Å². The Bertz CT molecular complexity index is 543. The molecule has 2 aliphatic heterocycles. The molecule has 1 atom stereocenters. The van der Waals surface area contributed by atoms with Gasteiger partial charge in [0.1, 0.15) is 9.91 Å². The second kappa shape index (κ2) is 7.60. The number of benzene rings is 1. The monoisotopic (exact) mass is 378 g/mol. The first-order chi connectivity index (χ1) is 10.8. The molecule has 0 spiro atoms. The zero-order valence-corrected chi connectivity index (χ0v) is 15.2. The number of amidine groups is 1. The molecule has 0 aromatic heterocycles. The fourth-order valence-corrected chi connectivity index (χ4v) is 4.81. The maximum absolute atomic E-state index is 8.60. The van der Waals surface area contributed by atoms with Crippen molar-refractivity contribution >= 4 is 29.4 Å². The lowest BCUT2D eigenvalue weighted by Gasteiger charge is -2.24. The maximum atomic E-state index is 8.60. The van der Waals surface area contributed by atoms with Gasteiger partial charge in [-0.2, -0.15) is 14.0 Å². The summed E-state index contributed by atoms with van der Waals surface area (Å²) < 4.78 is 32.9. The highest BCUT2D eigenvalue weighted by molar-refractivity contribution is 8.18. The van der Waals surface area contributed by atoms with Crippen LogP contribution in [0.15, 0.2) is 35.3 Å². The lowest BCUT2D eigenvalue weighted by atomic mass is 10.1. The summed E-state index contributed by atoms with van der Waals surface area (Å²) in [6.07, 6.45) is 5.63. The van der Waals surface area contributed by atoms with Crippen LogP contribution in [0.25, 0.3) is 0 Å². The van der Waals surface area contributed by atoms with E-state index in [-0.39, 0.29) is 4.08 Å². The molecule has 1 saturated heterocycles. The van der Waals surface area contributed by atoms with Crippen molar-refractivity contribution in [3.63, 3.8) is 0 Å². The highest BCUT2D eigenvalue weighted by Gasteiger charge is 2.47. The van der Waals surface area contributed by atoms with Crippen LogP contribution in [0.1, 0.15) is 18.0 Å². The molecule has 0 radical (unpaired) electrons. The average Bonchev–Trinajstić information content (AvgIpc) is 3.06. The van der Waals surface area contributed by atoms with Crippen LogP contribution in [0.4, 0.5) is 0 Å². The maximum Gasteiger partial charge on any atom is 0.126 e. The van der Waals surface area contributed by atoms with Crippen molar-refractivity contribution in [3.8, 4) is 0 Å². The summed E-state index contributed by atoms with van der Waals surface area (Å²) in [5, 5.41) is 0. The number of thioether (sulfide) groups is 2. The minimum absolute atomic E-state index is 0.198. The van der Waals surface area contributed by atoms with Crippen molar-refractivity contribution in [1.82, 2.24) is 4.90 Å². The van der Waals surface area contributed by atoms with Gasteiger partial charge in [-0.15, -0.1) is 23.5 Å². The number of hydrogen-bond acceptors (Lipinski definition) is 8. The second-order valence-corrected chi connectivity index (χ2v) is 8.39. The van der Waals surface area contributed by atoms with Crippen molar-refractivity contribution in [2.75, 3.05) is 25.6 Å². The van der Waals surface area contributed by atoms with Crippen LogP contribution in [0.2, 0.25) is 0 Å². The van der Waals surface area contributed by atoms with Gasteiger partial charge in [0, 0.05) is 13.1 Å². The third-order valence-corrected chi connectivity index (χ3v) is 6.96. The molecule has 128 valence electrons. The molecule has 0 amide bonds. The first-order valence-corrected chi connectivity index (χ1v) is 10.6. The molecule has 1 unspecified atom stereocenters. The average molecular weight is 379 g/mol. The van der Waals surface area contributed by atoms with Gasteiger partial charge >= 0.3 is 0 Å². The van der Waals surface area contributed by atoms with E-state index in [1.165, 1.54) is 17.8 Å². The van der Waals surface area contributed by atoms with Gasteiger partial charge in [0.25, 0.3) is 0 Å². The lowest BCUT2D eigenvalue weighted by Crippen LogP contribution is -2.58. The summed E-state index contributed by atoms with van der Waals surface area (Å²) in [5.74, 6) is 1.32. The van der Waals surface area contributed by atoms with E-state index in [9.17, 15) is 0 Å². The molecule has 0 aliphatic carbocycles. The molecule has 6 nitrogen and oxygen atoms in total. The van der Waals surface area contributed by atoms with Crippen LogP contribution >= 0.6 is 23.5 Å². The van der Waals surface area contributed by atoms with Gasteiger partial charge in [-0.3, -0.25) is 4.99 Å². The third-order valence-electron chi connectivity index (χ3n) is 3.87. The smallest absolute Gasteiger partial charge is 0.126 e. The lowest BCUT2D eigenvalue weighted by molar-refractivity contribution is -1.92. The Balaban J connectivity index is 0.000000338. The van der Waals surface area contributed by atoms with Crippen molar-refractivity contribution in [2.45, 2.75) is 16.5 Å². The quantitative estimate of drug-likeness (QED) is 0.682. The predicted octanol–water partition coefficient (Wildman–Crippen LogP) is -0.856. The number of hydrogen-bond donors (Lipinski definition) is 1. The zero-order valence-electron chi connectivity index (χ0n) is 12.8. The fraction of sp³-hybridized carbons (Fsp3) is 0.500. The number of nitrogens with zero attached hydrogens (tertiary/aromatic N) is 2. The first kappa shape index (κ1) is 18.9. The van der Waals surface area contributed by atoms with Crippen molar-refractivity contribution in [1.29, 1.82) is 0 Å². The van der Waals surface area contributed by atoms with Crippen LogP contribution in [0, 0.1) is 10.2 Å². The molecule has 0 bridgehead atoms. The Morgan fingerprint density at radius 2 is 1.78 bits per heavy atom. The second-order valence-electron chi connectivity index (χ2n) is 5.13. The normalized spacial score (nSPS) is 22.3. The summed E-state index contributed by atoms with van der Waals surface area (Å²) in [6.45, 7) is 2.21. The number of rotatable bonds is 3. The van der Waals surface area contributed by atoms with E-state index in [0.29, 0.717) is 6.04 Å². The standard InChI is InChI=1S/C14H18N2S2.ClHO4/c1-17-14(18-2)8-9-16-10-12(15-13(14)16)11-6-4-3-5-7-11;2-1(3,4)5/h3-7,12H,8-10H2,1-2H3;(H,2,3,4,5). The number of fused-ring (bicyclic) bond motifs is 1. The van der Waals surface area contributed by atoms with Crippen LogP contribution in [-0.4, -0.2) is 45.1 Å². The molecule has 2 heterocycles. The van der Waals surface area contributed by atoms with E-state index in [1.807, 2.05) is 23.5 Å². The molecular formula is C14H19ClN2O4S2. The van der Waals surface area contributed by atoms with Crippen LogP contribution in [0.3, 0.4) is 0 Å². The summed E-state index contributed by atoms with van der Waals surface area (Å²) in [6, 6.07) is 11.0. The zero-order chi connectivity index (χ0) is 17.1. The molecular weight excluding hydrogens is 360 g/mol. The summed E-state index contributed by atoms with van der Waals surface area (Å²) in [5.41, 5.74) is 1.34. The topological polar surface area (TPSA) is 105 Å². The molecule has 1 aromatic carbocycles. The third kappa shape index (κ3) is 4.76. The van der Waals surface area contributed by atoms with Crippen LogP contribution in [0.5, 0.6) is 0 Å². The molecule has 9 heteroatoms. The molecule has 1 fully saturated rings. The van der Waals surface area contributed by atoms with Crippen molar-refractivity contribution in [2.24, 2.45) is 4.99 Å². The largest absolute Gasteiger partial charge is 0.356 e. The number of aliphatic imine (C=N–C) groups is 1. The highest BCUT2D eigenvalue weighted by Crippen LogP contribution is 2.47. The fourth-order valence-electron chi connectivity index (χ4n) is 2.82. The molecule has 1 N–H and O–H groups in total. The van der Waals surface area contributed by atoms with Gasteiger partial charge in [-0.25, -0.2) is 0 Å². The Labute approximate surface area is 146 Å². The van der Waals surface area contributed by atoms with E-state index < -0.39 is 10.2 Å². The summed E-state index contributed by atoms with van der Waals surface area (Å²) >= 11 is 3.89. The van der Waals surface area contributed by atoms with Crippen LogP contribution < -0.4 is 14.0 Å². The molecule has 23 heavy (non-hydrogen) atoms. The predicted molar refractivity (Wildman–Crippen MR) is 84.8 cm³/mol. The SMILES string of the molecule is CSC1(SC)CCN2CC(c3ccccc3)N=C21.[O-][Cl+3]([O-])([O-])O. The molecule has 3 rings (SSSR count). The van der Waals surface area contributed by atoms with Gasteiger partial charge < -0.3 is 4.90 Å². The Morgan fingerprint density at radius 3 is 2.30 bits per heavy atom. The minimum Gasteiger partial charge on any atom is -0.356 e. The van der Waals surface area contributed by atoms with E-state index in [0.717, 1.165) is 13.1 Å². The van der Waals surface area contributed by atoms with Gasteiger partial charge in [-0.05, 0) is 24.5 Å².